The first-order valence-corrected chi connectivity index (χ1v) is 13.3. The molecule has 0 radical (unpaired) electrons. The molecule has 0 saturated carbocycles. The highest BCUT2D eigenvalue weighted by Gasteiger charge is 2.54. The van der Waals surface area contributed by atoms with Gasteiger partial charge in [0.2, 0.25) is 6.29 Å². The third-order valence-corrected chi connectivity index (χ3v) is 6.14. The standard InChI is InChI=1S/C22H37O13P/c1-7-9-11-29-36(27,30-12-10-8-2)35-22-21(33-17(6)26)20(32-16(5)25)19(31-15(4)24)18(34-22)13-28-14(3)23/h18-22H,7-13H2,1-6H3/t18-,19+,20+,21-,22-/m1/s1. The minimum Gasteiger partial charge on any atom is -0.463 e. The van der Waals surface area contributed by atoms with Crippen molar-refractivity contribution in [3.8, 4) is 0 Å². The number of hydrogen-bond acceptors (Lipinski definition) is 13. The fourth-order valence-corrected chi connectivity index (χ4v) is 4.47. The molecule has 0 amide bonds. The number of esters is 4. The molecule has 0 bridgehead atoms. The summed E-state index contributed by atoms with van der Waals surface area (Å²) in [7, 11) is -4.27. The van der Waals surface area contributed by atoms with Crippen molar-refractivity contribution in [2.75, 3.05) is 19.8 Å². The second-order valence-corrected chi connectivity index (χ2v) is 9.62. The summed E-state index contributed by atoms with van der Waals surface area (Å²) in [5, 5.41) is 0. The van der Waals surface area contributed by atoms with Gasteiger partial charge in [-0.3, -0.25) is 32.7 Å². The molecule has 1 aliphatic heterocycles. The van der Waals surface area contributed by atoms with Crippen LogP contribution in [0.25, 0.3) is 0 Å². The van der Waals surface area contributed by atoms with E-state index in [-0.39, 0.29) is 13.2 Å². The number of carbonyl (C=O) groups is 4. The first-order valence-electron chi connectivity index (χ1n) is 11.8. The lowest BCUT2D eigenvalue weighted by atomic mass is 9.98. The maximum Gasteiger partial charge on any atom is 0.477 e. The Balaban J connectivity index is 3.42. The van der Waals surface area contributed by atoms with E-state index in [2.05, 4.69) is 0 Å². The topological polar surface area (TPSA) is 159 Å². The number of rotatable bonds is 15. The predicted molar refractivity (Wildman–Crippen MR) is 122 cm³/mol. The summed E-state index contributed by atoms with van der Waals surface area (Å²) in [5.74, 6) is -3.06. The Morgan fingerprint density at radius 2 is 1.19 bits per heavy atom. The number of phosphoric acid groups is 1. The Kier molecular flexibility index (Phi) is 14.2. The van der Waals surface area contributed by atoms with Crippen LogP contribution < -0.4 is 0 Å². The number of unbranched alkanes of at least 4 members (excludes halogenated alkanes) is 2. The van der Waals surface area contributed by atoms with Crippen molar-refractivity contribution in [2.45, 2.75) is 97.9 Å². The lowest BCUT2D eigenvalue weighted by Gasteiger charge is -2.44. The number of carbonyl (C=O) groups excluding carboxylic acids is 4. The van der Waals surface area contributed by atoms with E-state index < -0.39 is 69.0 Å². The monoisotopic (exact) mass is 540 g/mol. The van der Waals surface area contributed by atoms with E-state index in [0.717, 1.165) is 40.5 Å². The minimum absolute atomic E-state index is 0.0468. The maximum absolute atomic E-state index is 13.5. The maximum atomic E-state index is 13.5. The summed E-state index contributed by atoms with van der Waals surface area (Å²) < 4.78 is 56.7. The van der Waals surface area contributed by atoms with Gasteiger partial charge in [0.25, 0.3) is 0 Å². The Bertz CT molecular complexity index is 772. The molecule has 0 aromatic rings. The molecule has 14 heteroatoms. The predicted octanol–water partition coefficient (Wildman–Crippen LogP) is 2.83. The molecule has 5 atom stereocenters. The molecule has 208 valence electrons. The second kappa shape index (κ2) is 15.9. The molecule has 36 heavy (non-hydrogen) atoms. The zero-order chi connectivity index (χ0) is 27.3. The third-order valence-electron chi connectivity index (χ3n) is 4.68. The van der Waals surface area contributed by atoms with Gasteiger partial charge in [0.1, 0.15) is 12.7 Å². The first-order chi connectivity index (χ1) is 16.9. The van der Waals surface area contributed by atoms with E-state index in [0.29, 0.717) is 12.8 Å². The van der Waals surface area contributed by atoms with Crippen LogP contribution >= 0.6 is 7.82 Å². The number of hydrogen-bond donors (Lipinski definition) is 0. The van der Waals surface area contributed by atoms with E-state index in [1.165, 1.54) is 0 Å². The summed E-state index contributed by atoms with van der Waals surface area (Å²) in [6, 6.07) is 0. The summed E-state index contributed by atoms with van der Waals surface area (Å²) in [4.78, 5) is 47.1. The van der Waals surface area contributed by atoms with Crippen LogP contribution in [0.15, 0.2) is 0 Å². The van der Waals surface area contributed by atoms with Gasteiger partial charge in [-0.05, 0) is 12.8 Å². The highest BCUT2D eigenvalue weighted by molar-refractivity contribution is 7.48. The highest BCUT2D eigenvalue weighted by Crippen LogP contribution is 2.52. The zero-order valence-corrected chi connectivity index (χ0v) is 22.5. The van der Waals surface area contributed by atoms with Gasteiger partial charge >= 0.3 is 31.7 Å². The van der Waals surface area contributed by atoms with Gasteiger partial charge in [-0.15, -0.1) is 0 Å². The average Bonchev–Trinajstić information content (AvgIpc) is 2.76. The Morgan fingerprint density at radius 1 is 0.722 bits per heavy atom. The summed E-state index contributed by atoms with van der Waals surface area (Å²) >= 11 is 0. The van der Waals surface area contributed by atoms with E-state index in [1.54, 1.807) is 0 Å². The van der Waals surface area contributed by atoms with Crippen molar-refractivity contribution in [1.82, 2.24) is 0 Å². The van der Waals surface area contributed by atoms with Gasteiger partial charge in [-0.25, -0.2) is 4.57 Å². The number of ether oxygens (including phenoxy) is 5. The van der Waals surface area contributed by atoms with Crippen LogP contribution in [0.3, 0.4) is 0 Å². The molecular weight excluding hydrogens is 503 g/mol. The van der Waals surface area contributed by atoms with Crippen molar-refractivity contribution < 1.29 is 61.0 Å². The molecule has 1 rings (SSSR count). The molecule has 0 aliphatic carbocycles. The lowest BCUT2D eigenvalue weighted by molar-refractivity contribution is -0.291. The molecule has 1 fully saturated rings. The Labute approximate surface area is 211 Å². The minimum atomic E-state index is -4.27. The van der Waals surface area contributed by atoms with E-state index >= 15 is 0 Å². The van der Waals surface area contributed by atoms with Crippen molar-refractivity contribution in [3.63, 3.8) is 0 Å². The van der Waals surface area contributed by atoms with Gasteiger partial charge in [0.05, 0.1) is 13.2 Å². The van der Waals surface area contributed by atoms with Crippen LogP contribution in [0.1, 0.15) is 67.2 Å². The molecule has 0 aromatic heterocycles. The van der Waals surface area contributed by atoms with Gasteiger partial charge < -0.3 is 23.7 Å². The molecule has 1 heterocycles. The van der Waals surface area contributed by atoms with Gasteiger partial charge in [0, 0.05) is 27.7 Å². The van der Waals surface area contributed by atoms with Crippen LogP contribution in [-0.4, -0.2) is 74.4 Å². The van der Waals surface area contributed by atoms with Crippen LogP contribution in [-0.2, 0) is 61.0 Å². The molecule has 0 N–H and O–H groups in total. The largest absolute Gasteiger partial charge is 0.477 e. The first kappa shape index (κ1) is 32.0. The highest BCUT2D eigenvalue weighted by atomic mass is 31.2. The van der Waals surface area contributed by atoms with Crippen LogP contribution in [0.2, 0.25) is 0 Å². The van der Waals surface area contributed by atoms with Crippen LogP contribution in [0.4, 0.5) is 0 Å². The third kappa shape index (κ3) is 11.3. The normalized spacial score (nSPS) is 24.0. The Hall–Kier alpha value is -2.05. The quantitative estimate of drug-likeness (QED) is 0.129. The second-order valence-electron chi connectivity index (χ2n) is 7.99. The van der Waals surface area contributed by atoms with E-state index in [9.17, 15) is 23.7 Å². The molecule has 13 nitrogen and oxygen atoms in total. The molecule has 0 unspecified atom stereocenters. The summed E-state index contributed by atoms with van der Waals surface area (Å²) in [6.07, 6.45) is -4.68. The van der Waals surface area contributed by atoms with Gasteiger partial charge in [0.15, 0.2) is 18.3 Å². The van der Waals surface area contributed by atoms with Gasteiger partial charge in [-0.1, -0.05) is 26.7 Å². The van der Waals surface area contributed by atoms with Crippen LogP contribution in [0.5, 0.6) is 0 Å². The Morgan fingerprint density at radius 3 is 1.64 bits per heavy atom. The van der Waals surface area contributed by atoms with Crippen molar-refractivity contribution in [1.29, 1.82) is 0 Å². The zero-order valence-electron chi connectivity index (χ0n) is 21.6. The average molecular weight is 540 g/mol. The fourth-order valence-electron chi connectivity index (χ4n) is 3.14. The van der Waals surface area contributed by atoms with E-state index in [1.807, 2.05) is 13.8 Å². The van der Waals surface area contributed by atoms with Crippen molar-refractivity contribution in [3.05, 3.63) is 0 Å². The smallest absolute Gasteiger partial charge is 0.463 e. The van der Waals surface area contributed by atoms with Crippen molar-refractivity contribution in [2.24, 2.45) is 0 Å². The van der Waals surface area contributed by atoms with Gasteiger partial charge in [-0.2, -0.15) is 0 Å². The molecule has 0 aromatic carbocycles. The fraction of sp³-hybridized carbons (Fsp3) is 0.818. The lowest BCUT2D eigenvalue weighted by Crippen LogP contribution is -2.62. The van der Waals surface area contributed by atoms with Crippen molar-refractivity contribution >= 4 is 31.7 Å². The number of phosphoric ester groups is 1. The molecule has 1 aliphatic rings. The molecule has 1 saturated heterocycles. The molecule has 0 spiro atoms. The summed E-state index contributed by atoms with van der Waals surface area (Å²) in [5.41, 5.74) is 0. The SMILES string of the molecule is CCCCOP(=O)(OCCCC)O[C@H]1O[C@H](COC(C)=O)[C@H](OC(C)=O)[C@H](OC(C)=O)[C@H]1OC(C)=O. The van der Waals surface area contributed by atoms with Crippen LogP contribution in [0, 0.1) is 0 Å². The molecular formula is C22H37O13P. The van der Waals surface area contributed by atoms with E-state index in [4.69, 9.17) is 37.3 Å². The summed E-state index contributed by atoms with van der Waals surface area (Å²) in [6.45, 7) is 7.90.